The first kappa shape index (κ1) is 11.1. The minimum atomic E-state index is -0.106. The number of thiophene rings is 1. The molecule has 1 aromatic rings. The van der Waals surface area contributed by atoms with E-state index in [0.717, 1.165) is 32.1 Å². The highest BCUT2D eigenvalue weighted by Gasteiger charge is 2.13. The van der Waals surface area contributed by atoms with E-state index in [2.05, 4.69) is 5.32 Å². The highest BCUT2D eigenvalue weighted by Crippen LogP contribution is 2.39. The number of hydrogen-bond donors (Lipinski definition) is 1. The van der Waals surface area contributed by atoms with Gasteiger partial charge in [0.15, 0.2) is 0 Å². The summed E-state index contributed by atoms with van der Waals surface area (Å²) in [4.78, 5) is 12.9. The van der Waals surface area contributed by atoms with Gasteiger partial charge in [0, 0.05) is 11.8 Å². The van der Waals surface area contributed by atoms with Crippen molar-refractivity contribution in [2.45, 2.75) is 25.7 Å². The summed E-state index contributed by atoms with van der Waals surface area (Å²) in [6.45, 7) is 5.40. The van der Waals surface area contributed by atoms with Gasteiger partial charge in [-0.2, -0.15) is 5.26 Å². The summed E-state index contributed by atoms with van der Waals surface area (Å²) in [5.41, 5.74) is 1.07. The standard InChI is InChI=1S/C9H10N2OS2/c1-5-6(2)14-9(11-7(3)12)8(5)13-4-10/h1-3H3,(H,11,12). The number of anilines is 1. The number of amides is 1. The third-order valence-electron chi connectivity index (χ3n) is 1.77. The quantitative estimate of drug-likeness (QED) is 0.623. The lowest BCUT2D eigenvalue weighted by atomic mass is 10.3. The maximum atomic E-state index is 10.9. The van der Waals surface area contributed by atoms with E-state index in [1.807, 2.05) is 19.2 Å². The van der Waals surface area contributed by atoms with Crippen LogP contribution < -0.4 is 5.32 Å². The van der Waals surface area contributed by atoms with Crippen molar-refractivity contribution in [1.29, 1.82) is 5.26 Å². The van der Waals surface area contributed by atoms with Crippen LogP contribution in [0.15, 0.2) is 4.90 Å². The zero-order valence-corrected chi connectivity index (χ0v) is 9.80. The van der Waals surface area contributed by atoms with Gasteiger partial charge in [-0.05, 0) is 31.2 Å². The smallest absolute Gasteiger partial charge is 0.221 e. The van der Waals surface area contributed by atoms with Crippen molar-refractivity contribution in [3.63, 3.8) is 0 Å². The van der Waals surface area contributed by atoms with Crippen LogP contribution in [0.1, 0.15) is 17.4 Å². The normalized spacial score (nSPS) is 9.57. The lowest BCUT2D eigenvalue weighted by Gasteiger charge is -1.99. The Hall–Kier alpha value is -0.990. The van der Waals surface area contributed by atoms with E-state index in [1.54, 1.807) is 0 Å². The van der Waals surface area contributed by atoms with Crippen LogP contribution >= 0.6 is 23.1 Å². The first-order chi connectivity index (χ1) is 6.56. The minimum Gasteiger partial charge on any atom is -0.317 e. The van der Waals surface area contributed by atoms with Crippen LogP contribution in [-0.4, -0.2) is 5.91 Å². The Balaban J connectivity index is 3.09. The van der Waals surface area contributed by atoms with E-state index in [-0.39, 0.29) is 5.91 Å². The molecule has 1 amide bonds. The van der Waals surface area contributed by atoms with Gasteiger partial charge in [-0.1, -0.05) is 0 Å². The van der Waals surface area contributed by atoms with Crippen LogP contribution in [0.4, 0.5) is 5.00 Å². The van der Waals surface area contributed by atoms with Gasteiger partial charge >= 0.3 is 0 Å². The van der Waals surface area contributed by atoms with Crippen LogP contribution in [0.3, 0.4) is 0 Å². The lowest BCUT2D eigenvalue weighted by Crippen LogP contribution is -2.04. The van der Waals surface area contributed by atoms with Crippen molar-refractivity contribution in [3.8, 4) is 5.40 Å². The second kappa shape index (κ2) is 4.49. The molecular formula is C9H10N2OS2. The maximum Gasteiger partial charge on any atom is 0.221 e. The monoisotopic (exact) mass is 226 g/mol. The Morgan fingerprint density at radius 2 is 2.21 bits per heavy atom. The van der Waals surface area contributed by atoms with Gasteiger partial charge in [-0.15, -0.1) is 11.3 Å². The Labute approximate surface area is 91.1 Å². The fourth-order valence-electron chi connectivity index (χ4n) is 1.02. The molecule has 14 heavy (non-hydrogen) atoms. The van der Waals surface area contributed by atoms with Gasteiger partial charge in [0.25, 0.3) is 0 Å². The van der Waals surface area contributed by atoms with Crippen molar-refractivity contribution >= 4 is 34.0 Å². The van der Waals surface area contributed by atoms with E-state index < -0.39 is 0 Å². The fourth-order valence-corrected chi connectivity index (χ4v) is 2.87. The summed E-state index contributed by atoms with van der Waals surface area (Å²) >= 11 is 2.60. The molecule has 0 radical (unpaired) electrons. The van der Waals surface area contributed by atoms with Gasteiger partial charge in [-0.3, -0.25) is 4.79 Å². The molecule has 1 rings (SSSR count). The molecule has 0 atom stereocenters. The average Bonchev–Trinajstić information content (AvgIpc) is 2.32. The topological polar surface area (TPSA) is 52.9 Å². The molecule has 0 aromatic carbocycles. The number of aryl methyl sites for hydroxylation is 1. The molecule has 0 aliphatic rings. The molecule has 0 fully saturated rings. The van der Waals surface area contributed by atoms with Crippen molar-refractivity contribution in [3.05, 3.63) is 10.4 Å². The minimum absolute atomic E-state index is 0.106. The van der Waals surface area contributed by atoms with E-state index in [9.17, 15) is 4.79 Å². The number of rotatable bonds is 2. The molecule has 1 heterocycles. The van der Waals surface area contributed by atoms with E-state index in [1.165, 1.54) is 18.3 Å². The maximum absolute atomic E-state index is 10.9. The fraction of sp³-hybridized carbons (Fsp3) is 0.333. The van der Waals surface area contributed by atoms with Gasteiger partial charge < -0.3 is 5.32 Å². The number of nitrogens with zero attached hydrogens (tertiary/aromatic N) is 1. The average molecular weight is 226 g/mol. The number of hydrogen-bond acceptors (Lipinski definition) is 4. The van der Waals surface area contributed by atoms with E-state index >= 15 is 0 Å². The number of thioether (sulfide) groups is 1. The first-order valence-corrected chi connectivity index (χ1v) is 5.63. The van der Waals surface area contributed by atoms with E-state index in [4.69, 9.17) is 5.26 Å². The second-order valence-corrected chi connectivity index (χ2v) is 4.84. The summed E-state index contributed by atoms with van der Waals surface area (Å²) in [5, 5.41) is 14.1. The third kappa shape index (κ3) is 2.28. The van der Waals surface area contributed by atoms with Gasteiger partial charge in [0.2, 0.25) is 5.91 Å². The summed E-state index contributed by atoms with van der Waals surface area (Å²) in [6, 6.07) is 0. The summed E-state index contributed by atoms with van der Waals surface area (Å²) in [7, 11) is 0. The van der Waals surface area contributed by atoms with Crippen LogP contribution in [0.25, 0.3) is 0 Å². The molecule has 0 saturated carbocycles. The molecule has 1 N–H and O–H groups in total. The molecule has 0 bridgehead atoms. The Kier molecular flexibility index (Phi) is 3.55. The second-order valence-electron chi connectivity index (χ2n) is 2.82. The predicted molar refractivity (Wildman–Crippen MR) is 59.6 cm³/mol. The number of carbonyl (C=O) groups is 1. The SMILES string of the molecule is CC(=O)Nc1sc(C)c(C)c1SC#N. The Morgan fingerprint density at radius 1 is 1.57 bits per heavy atom. The lowest BCUT2D eigenvalue weighted by molar-refractivity contribution is -0.114. The number of carbonyl (C=O) groups excluding carboxylic acids is 1. The molecule has 1 aromatic heterocycles. The molecule has 0 saturated heterocycles. The highest BCUT2D eigenvalue weighted by molar-refractivity contribution is 8.04. The molecular weight excluding hydrogens is 216 g/mol. The van der Waals surface area contributed by atoms with Gasteiger partial charge in [0.1, 0.15) is 10.4 Å². The zero-order valence-electron chi connectivity index (χ0n) is 8.17. The predicted octanol–water partition coefficient (Wildman–Crippen LogP) is 2.90. The third-order valence-corrected chi connectivity index (χ3v) is 3.82. The molecule has 74 valence electrons. The van der Waals surface area contributed by atoms with Gasteiger partial charge in [-0.25, -0.2) is 0 Å². The number of nitrogens with one attached hydrogen (secondary N) is 1. The zero-order chi connectivity index (χ0) is 10.7. The number of thiocyanates is 1. The summed E-state index contributed by atoms with van der Waals surface area (Å²) < 4.78 is 0. The van der Waals surface area contributed by atoms with Crippen molar-refractivity contribution in [2.24, 2.45) is 0 Å². The highest BCUT2D eigenvalue weighted by atomic mass is 32.2. The molecule has 0 spiro atoms. The van der Waals surface area contributed by atoms with Crippen LogP contribution in [0, 0.1) is 24.5 Å². The Morgan fingerprint density at radius 3 is 2.71 bits per heavy atom. The molecule has 3 nitrogen and oxygen atoms in total. The van der Waals surface area contributed by atoms with Crippen molar-refractivity contribution in [1.82, 2.24) is 0 Å². The van der Waals surface area contributed by atoms with Crippen molar-refractivity contribution < 1.29 is 4.79 Å². The van der Waals surface area contributed by atoms with Gasteiger partial charge in [0.05, 0.1) is 4.90 Å². The Bertz CT molecular complexity index is 404. The van der Waals surface area contributed by atoms with Crippen LogP contribution in [0.5, 0.6) is 0 Å². The molecule has 0 aliphatic carbocycles. The molecule has 5 heteroatoms. The first-order valence-electron chi connectivity index (χ1n) is 3.99. The summed E-state index contributed by atoms with van der Waals surface area (Å²) in [5.74, 6) is -0.106. The largest absolute Gasteiger partial charge is 0.317 e. The number of nitriles is 1. The van der Waals surface area contributed by atoms with E-state index in [0.29, 0.717) is 0 Å². The van der Waals surface area contributed by atoms with Crippen molar-refractivity contribution in [2.75, 3.05) is 5.32 Å². The van der Waals surface area contributed by atoms with Crippen LogP contribution in [-0.2, 0) is 4.79 Å². The van der Waals surface area contributed by atoms with Crippen LogP contribution in [0.2, 0.25) is 0 Å². The summed E-state index contributed by atoms with van der Waals surface area (Å²) in [6.07, 6.45) is 0. The molecule has 0 aliphatic heterocycles. The molecule has 0 unspecified atom stereocenters.